The standard InChI is InChI=1S/C18H31NO/c1-4-5-6-7-8-10-16(2)19-14-13-17-11-9-12-18(15-17)20-3/h9,11-12,15-16,19H,4-8,10,13-14H2,1-3H3. The lowest BCUT2D eigenvalue weighted by Gasteiger charge is -2.13. The van der Waals surface area contributed by atoms with Crippen LogP contribution in [0.25, 0.3) is 0 Å². The van der Waals surface area contributed by atoms with E-state index in [4.69, 9.17) is 4.74 Å². The van der Waals surface area contributed by atoms with E-state index >= 15 is 0 Å². The number of rotatable bonds is 11. The fourth-order valence-electron chi connectivity index (χ4n) is 2.45. The van der Waals surface area contributed by atoms with Gasteiger partial charge in [-0.1, -0.05) is 51.2 Å². The van der Waals surface area contributed by atoms with Crippen LogP contribution in [0.1, 0.15) is 57.9 Å². The first-order valence-electron chi connectivity index (χ1n) is 8.12. The van der Waals surface area contributed by atoms with E-state index in [1.54, 1.807) is 7.11 Å². The maximum atomic E-state index is 5.25. The van der Waals surface area contributed by atoms with Gasteiger partial charge in [-0.2, -0.15) is 0 Å². The third-order valence-corrected chi connectivity index (χ3v) is 3.78. The summed E-state index contributed by atoms with van der Waals surface area (Å²) in [4.78, 5) is 0. The molecular weight excluding hydrogens is 246 g/mol. The van der Waals surface area contributed by atoms with E-state index in [0.29, 0.717) is 6.04 Å². The minimum absolute atomic E-state index is 0.627. The molecule has 0 aliphatic heterocycles. The molecule has 0 saturated heterocycles. The van der Waals surface area contributed by atoms with E-state index in [1.165, 1.54) is 44.1 Å². The van der Waals surface area contributed by atoms with Crippen molar-refractivity contribution in [3.05, 3.63) is 29.8 Å². The SMILES string of the molecule is CCCCCCCC(C)NCCc1cccc(OC)c1. The number of benzene rings is 1. The van der Waals surface area contributed by atoms with Crippen molar-refractivity contribution in [2.75, 3.05) is 13.7 Å². The van der Waals surface area contributed by atoms with Crippen LogP contribution in [0, 0.1) is 0 Å². The fourth-order valence-corrected chi connectivity index (χ4v) is 2.45. The fraction of sp³-hybridized carbons (Fsp3) is 0.667. The zero-order valence-electron chi connectivity index (χ0n) is 13.5. The number of unbranched alkanes of at least 4 members (excludes halogenated alkanes) is 4. The molecule has 0 aliphatic rings. The Morgan fingerprint density at radius 2 is 1.95 bits per heavy atom. The van der Waals surface area contributed by atoms with Gasteiger partial charge < -0.3 is 10.1 Å². The van der Waals surface area contributed by atoms with Crippen LogP contribution >= 0.6 is 0 Å². The third-order valence-electron chi connectivity index (χ3n) is 3.78. The number of hydrogen-bond donors (Lipinski definition) is 1. The first kappa shape index (κ1) is 17.0. The largest absolute Gasteiger partial charge is 0.497 e. The van der Waals surface area contributed by atoms with Crippen molar-refractivity contribution in [3.8, 4) is 5.75 Å². The van der Waals surface area contributed by atoms with Crippen LogP contribution in [0.15, 0.2) is 24.3 Å². The first-order chi connectivity index (χ1) is 9.76. The molecule has 1 N–H and O–H groups in total. The van der Waals surface area contributed by atoms with E-state index in [0.717, 1.165) is 18.7 Å². The molecule has 2 heteroatoms. The van der Waals surface area contributed by atoms with Gasteiger partial charge in [-0.15, -0.1) is 0 Å². The summed E-state index contributed by atoms with van der Waals surface area (Å²) < 4.78 is 5.25. The van der Waals surface area contributed by atoms with Crippen molar-refractivity contribution >= 4 is 0 Å². The molecule has 1 rings (SSSR count). The predicted molar refractivity (Wildman–Crippen MR) is 87.5 cm³/mol. The Morgan fingerprint density at radius 1 is 1.15 bits per heavy atom. The average Bonchev–Trinajstić information content (AvgIpc) is 2.47. The van der Waals surface area contributed by atoms with Crippen LogP contribution < -0.4 is 10.1 Å². The molecule has 20 heavy (non-hydrogen) atoms. The summed E-state index contributed by atoms with van der Waals surface area (Å²) in [5.74, 6) is 0.950. The number of hydrogen-bond acceptors (Lipinski definition) is 2. The zero-order chi connectivity index (χ0) is 14.6. The van der Waals surface area contributed by atoms with Crippen LogP contribution in [0.4, 0.5) is 0 Å². The molecule has 0 heterocycles. The highest BCUT2D eigenvalue weighted by Crippen LogP contribution is 2.13. The molecule has 0 fully saturated rings. The van der Waals surface area contributed by atoms with E-state index in [1.807, 2.05) is 6.07 Å². The van der Waals surface area contributed by atoms with Crippen LogP contribution in [0.5, 0.6) is 5.75 Å². The molecule has 0 amide bonds. The monoisotopic (exact) mass is 277 g/mol. The van der Waals surface area contributed by atoms with Gasteiger partial charge >= 0.3 is 0 Å². The summed E-state index contributed by atoms with van der Waals surface area (Å²) in [5, 5.41) is 3.62. The van der Waals surface area contributed by atoms with Gasteiger partial charge in [0.2, 0.25) is 0 Å². The zero-order valence-corrected chi connectivity index (χ0v) is 13.5. The summed E-state index contributed by atoms with van der Waals surface area (Å²) in [6.07, 6.45) is 9.21. The van der Waals surface area contributed by atoms with Crippen molar-refractivity contribution in [2.24, 2.45) is 0 Å². The summed E-state index contributed by atoms with van der Waals surface area (Å²) in [5.41, 5.74) is 1.34. The molecule has 0 saturated carbocycles. The van der Waals surface area contributed by atoms with Crippen LogP contribution in [0.3, 0.4) is 0 Å². The normalized spacial score (nSPS) is 12.3. The average molecular weight is 277 g/mol. The molecule has 0 bridgehead atoms. The van der Waals surface area contributed by atoms with Crippen molar-refractivity contribution in [1.29, 1.82) is 0 Å². The van der Waals surface area contributed by atoms with E-state index in [9.17, 15) is 0 Å². The summed E-state index contributed by atoms with van der Waals surface area (Å²) in [7, 11) is 1.72. The summed E-state index contributed by atoms with van der Waals surface area (Å²) >= 11 is 0. The molecule has 2 nitrogen and oxygen atoms in total. The highest BCUT2D eigenvalue weighted by atomic mass is 16.5. The van der Waals surface area contributed by atoms with Gasteiger partial charge in [0.25, 0.3) is 0 Å². The number of ether oxygens (including phenoxy) is 1. The Kier molecular flexibility index (Phi) is 9.14. The van der Waals surface area contributed by atoms with Crippen molar-refractivity contribution in [3.63, 3.8) is 0 Å². The highest BCUT2D eigenvalue weighted by Gasteiger charge is 2.01. The van der Waals surface area contributed by atoms with Gasteiger partial charge in [0.1, 0.15) is 5.75 Å². The molecule has 1 aromatic rings. The summed E-state index contributed by atoms with van der Waals surface area (Å²) in [6.45, 7) is 5.61. The maximum absolute atomic E-state index is 5.25. The highest BCUT2D eigenvalue weighted by molar-refractivity contribution is 5.28. The third kappa shape index (κ3) is 7.54. The maximum Gasteiger partial charge on any atom is 0.119 e. The van der Waals surface area contributed by atoms with Crippen LogP contribution in [-0.4, -0.2) is 19.7 Å². The number of nitrogens with one attached hydrogen (secondary N) is 1. The first-order valence-corrected chi connectivity index (χ1v) is 8.12. The Morgan fingerprint density at radius 3 is 2.70 bits per heavy atom. The van der Waals surface area contributed by atoms with Gasteiger partial charge in [-0.05, 0) is 44.0 Å². The molecule has 1 aromatic carbocycles. The van der Waals surface area contributed by atoms with Gasteiger partial charge in [0, 0.05) is 6.04 Å². The molecular formula is C18H31NO. The van der Waals surface area contributed by atoms with Crippen LogP contribution in [0.2, 0.25) is 0 Å². The molecule has 1 unspecified atom stereocenters. The summed E-state index contributed by atoms with van der Waals surface area (Å²) in [6, 6.07) is 8.97. The molecule has 1 atom stereocenters. The van der Waals surface area contributed by atoms with Gasteiger partial charge in [0.15, 0.2) is 0 Å². The van der Waals surface area contributed by atoms with Crippen LogP contribution in [-0.2, 0) is 6.42 Å². The van der Waals surface area contributed by atoms with E-state index < -0.39 is 0 Å². The molecule has 0 spiro atoms. The Balaban J connectivity index is 2.10. The predicted octanol–water partition coefficient (Wildman–Crippen LogP) is 4.58. The Labute approximate surface area is 124 Å². The lowest BCUT2D eigenvalue weighted by atomic mass is 10.1. The van der Waals surface area contributed by atoms with Crippen molar-refractivity contribution < 1.29 is 4.74 Å². The Hall–Kier alpha value is -1.02. The number of methoxy groups -OCH3 is 1. The van der Waals surface area contributed by atoms with Crippen molar-refractivity contribution in [1.82, 2.24) is 5.32 Å². The smallest absolute Gasteiger partial charge is 0.119 e. The topological polar surface area (TPSA) is 21.3 Å². The minimum atomic E-state index is 0.627. The second-order valence-electron chi connectivity index (χ2n) is 5.66. The van der Waals surface area contributed by atoms with Gasteiger partial charge in [-0.25, -0.2) is 0 Å². The van der Waals surface area contributed by atoms with E-state index in [2.05, 4.69) is 37.4 Å². The van der Waals surface area contributed by atoms with E-state index in [-0.39, 0.29) is 0 Å². The second-order valence-corrected chi connectivity index (χ2v) is 5.66. The Bertz CT molecular complexity index is 351. The lowest BCUT2D eigenvalue weighted by molar-refractivity contribution is 0.414. The second kappa shape index (κ2) is 10.7. The molecule has 0 aliphatic carbocycles. The van der Waals surface area contributed by atoms with Gasteiger partial charge in [-0.3, -0.25) is 0 Å². The molecule has 0 aromatic heterocycles. The molecule has 114 valence electrons. The van der Waals surface area contributed by atoms with Crippen molar-refractivity contribution in [2.45, 2.75) is 64.8 Å². The molecule has 0 radical (unpaired) electrons. The quantitative estimate of drug-likeness (QED) is 0.598. The minimum Gasteiger partial charge on any atom is -0.497 e. The lowest BCUT2D eigenvalue weighted by Crippen LogP contribution is -2.28. The van der Waals surface area contributed by atoms with Gasteiger partial charge in [0.05, 0.1) is 7.11 Å².